The van der Waals surface area contributed by atoms with Crippen molar-refractivity contribution >= 4 is 34.7 Å². The molecule has 1 aliphatic heterocycles. The molecule has 4 heteroatoms. The van der Waals surface area contributed by atoms with Crippen LogP contribution in [0.4, 0.5) is 0 Å². The average Bonchev–Trinajstić information content (AvgIpc) is 2.99. The molecule has 2 aromatic carbocycles. The number of nitrogens with zero attached hydrogens (tertiary/aromatic N) is 1. The predicted octanol–water partition coefficient (Wildman–Crippen LogP) is 4.79. The number of pyridine rings is 1. The molecule has 0 unspecified atom stereocenters. The van der Waals surface area contributed by atoms with E-state index in [1.54, 1.807) is 6.07 Å². The Labute approximate surface area is 132 Å². The van der Waals surface area contributed by atoms with Crippen LogP contribution < -0.4 is 9.47 Å². The van der Waals surface area contributed by atoms with Crippen molar-refractivity contribution in [3.05, 3.63) is 64.8 Å². The molecule has 0 aliphatic carbocycles. The smallest absolute Gasteiger partial charge is 0.231 e. The van der Waals surface area contributed by atoms with Crippen LogP contribution >= 0.6 is 11.6 Å². The van der Waals surface area contributed by atoms with Crippen molar-refractivity contribution in [1.82, 2.24) is 4.98 Å². The third-order valence-electron chi connectivity index (χ3n) is 3.55. The Balaban J connectivity index is 1.68. The first-order valence-electron chi connectivity index (χ1n) is 6.93. The van der Waals surface area contributed by atoms with Gasteiger partial charge in [0.1, 0.15) is 0 Å². The van der Waals surface area contributed by atoms with Crippen LogP contribution in [0.2, 0.25) is 5.02 Å². The first-order valence-corrected chi connectivity index (χ1v) is 7.30. The van der Waals surface area contributed by atoms with E-state index in [1.807, 2.05) is 48.6 Å². The van der Waals surface area contributed by atoms with E-state index in [-0.39, 0.29) is 6.79 Å². The largest absolute Gasteiger partial charge is 0.454 e. The normalized spacial score (nSPS) is 13.1. The SMILES string of the molecule is Clc1cc2c(cc1/C=C/c1ccc3ccccc3n1)OCO2. The highest BCUT2D eigenvalue weighted by molar-refractivity contribution is 6.32. The van der Waals surface area contributed by atoms with E-state index in [4.69, 9.17) is 21.1 Å². The van der Waals surface area contributed by atoms with Crippen LogP contribution in [0.5, 0.6) is 11.5 Å². The lowest BCUT2D eigenvalue weighted by Gasteiger charge is -2.02. The first kappa shape index (κ1) is 13.2. The molecule has 3 aromatic rings. The predicted molar refractivity (Wildman–Crippen MR) is 88.2 cm³/mol. The summed E-state index contributed by atoms with van der Waals surface area (Å²) in [6.45, 7) is 0.241. The van der Waals surface area contributed by atoms with E-state index in [1.165, 1.54) is 0 Å². The zero-order valence-electron chi connectivity index (χ0n) is 11.6. The summed E-state index contributed by atoms with van der Waals surface area (Å²) in [5.41, 5.74) is 2.73. The van der Waals surface area contributed by atoms with E-state index in [0.29, 0.717) is 10.8 Å². The van der Waals surface area contributed by atoms with Crippen LogP contribution in [0, 0.1) is 0 Å². The number of para-hydroxylation sites is 1. The number of benzene rings is 2. The van der Waals surface area contributed by atoms with Crippen LogP contribution in [0.15, 0.2) is 48.5 Å². The summed E-state index contributed by atoms with van der Waals surface area (Å²) in [7, 11) is 0. The topological polar surface area (TPSA) is 31.4 Å². The van der Waals surface area contributed by atoms with Crippen molar-refractivity contribution in [1.29, 1.82) is 0 Å². The van der Waals surface area contributed by atoms with Gasteiger partial charge in [-0.25, -0.2) is 4.98 Å². The van der Waals surface area contributed by atoms with Gasteiger partial charge in [0.15, 0.2) is 11.5 Å². The Hall–Kier alpha value is -2.52. The maximum absolute atomic E-state index is 6.26. The molecule has 4 rings (SSSR count). The highest BCUT2D eigenvalue weighted by Gasteiger charge is 2.15. The van der Waals surface area contributed by atoms with Crippen molar-refractivity contribution in [3.8, 4) is 11.5 Å². The van der Waals surface area contributed by atoms with Crippen molar-refractivity contribution in [3.63, 3.8) is 0 Å². The quantitative estimate of drug-likeness (QED) is 0.682. The van der Waals surface area contributed by atoms with Gasteiger partial charge in [0.2, 0.25) is 6.79 Å². The molecule has 0 fully saturated rings. The number of fused-ring (bicyclic) bond motifs is 2. The second-order valence-electron chi connectivity index (χ2n) is 4.99. The van der Waals surface area contributed by atoms with Gasteiger partial charge in [-0.1, -0.05) is 41.9 Å². The second-order valence-corrected chi connectivity index (χ2v) is 5.40. The molecule has 22 heavy (non-hydrogen) atoms. The summed E-state index contributed by atoms with van der Waals surface area (Å²) in [5.74, 6) is 1.40. The molecule has 1 aromatic heterocycles. The van der Waals surface area contributed by atoms with Crippen molar-refractivity contribution in [2.45, 2.75) is 0 Å². The number of hydrogen-bond acceptors (Lipinski definition) is 3. The Morgan fingerprint density at radius 2 is 1.77 bits per heavy atom. The molecule has 0 radical (unpaired) electrons. The minimum absolute atomic E-state index is 0.241. The van der Waals surface area contributed by atoms with E-state index in [9.17, 15) is 0 Å². The monoisotopic (exact) mass is 309 g/mol. The molecular weight excluding hydrogens is 298 g/mol. The molecule has 0 bridgehead atoms. The number of aromatic nitrogens is 1. The lowest BCUT2D eigenvalue weighted by atomic mass is 10.1. The molecule has 0 atom stereocenters. The summed E-state index contributed by atoms with van der Waals surface area (Å²) >= 11 is 6.26. The Morgan fingerprint density at radius 3 is 2.68 bits per heavy atom. The molecule has 2 heterocycles. The minimum Gasteiger partial charge on any atom is -0.454 e. The van der Waals surface area contributed by atoms with Gasteiger partial charge in [0.25, 0.3) is 0 Å². The number of halogens is 1. The molecule has 0 amide bonds. The molecule has 0 saturated heterocycles. The summed E-state index contributed by atoms with van der Waals surface area (Å²) in [4.78, 5) is 4.61. The van der Waals surface area contributed by atoms with Crippen LogP contribution in [-0.2, 0) is 0 Å². The Bertz CT molecular complexity index is 889. The van der Waals surface area contributed by atoms with Gasteiger partial charge < -0.3 is 9.47 Å². The summed E-state index contributed by atoms with van der Waals surface area (Å²) in [6, 6.07) is 15.7. The fraction of sp³-hybridized carbons (Fsp3) is 0.0556. The van der Waals surface area contributed by atoms with Crippen molar-refractivity contribution < 1.29 is 9.47 Å². The lowest BCUT2D eigenvalue weighted by molar-refractivity contribution is 0.174. The van der Waals surface area contributed by atoms with Crippen molar-refractivity contribution in [2.24, 2.45) is 0 Å². The number of rotatable bonds is 2. The lowest BCUT2D eigenvalue weighted by Crippen LogP contribution is -1.92. The zero-order chi connectivity index (χ0) is 14.9. The zero-order valence-corrected chi connectivity index (χ0v) is 12.4. The highest BCUT2D eigenvalue weighted by Crippen LogP contribution is 2.37. The average molecular weight is 310 g/mol. The molecule has 108 valence electrons. The van der Waals surface area contributed by atoms with Gasteiger partial charge in [-0.2, -0.15) is 0 Å². The second kappa shape index (κ2) is 5.35. The van der Waals surface area contributed by atoms with Gasteiger partial charge >= 0.3 is 0 Å². The Morgan fingerprint density at radius 1 is 0.955 bits per heavy atom. The highest BCUT2D eigenvalue weighted by atomic mass is 35.5. The molecule has 0 N–H and O–H groups in total. The standard InChI is InChI=1S/C18H12ClNO2/c19-15-10-18-17(21-11-22-18)9-13(15)6-8-14-7-5-12-3-1-2-4-16(12)20-14/h1-10H,11H2/b8-6+. The molecular formula is C18H12ClNO2. The number of hydrogen-bond donors (Lipinski definition) is 0. The summed E-state index contributed by atoms with van der Waals surface area (Å²) < 4.78 is 10.7. The van der Waals surface area contributed by atoms with Crippen LogP contribution in [0.1, 0.15) is 11.3 Å². The molecule has 1 aliphatic rings. The van der Waals surface area contributed by atoms with Gasteiger partial charge in [-0.15, -0.1) is 0 Å². The third-order valence-corrected chi connectivity index (χ3v) is 3.87. The first-order chi connectivity index (χ1) is 10.8. The maximum Gasteiger partial charge on any atom is 0.231 e. The minimum atomic E-state index is 0.241. The van der Waals surface area contributed by atoms with Gasteiger partial charge in [0.05, 0.1) is 16.2 Å². The van der Waals surface area contributed by atoms with Gasteiger partial charge in [0, 0.05) is 11.5 Å². The fourth-order valence-electron chi connectivity index (χ4n) is 2.41. The van der Waals surface area contributed by atoms with Gasteiger partial charge in [-0.3, -0.25) is 0 Å². The Kier molecular flexibility index (Phi) is 3.20. The van der Waals surface area contributed by atoms with Gasteiger partial charge in [-0.05, 0) is 29.8 Å². The fourth-order valence-corrected chi connectivity index (χ4v) is 2.63. The molecule has 0 spiro atoms. The van der Waals surface area contributed by atoms with E-state index < -0.39 is 0 Å². The third kappa shape index (κ3) is 2.40. The number of ether oxygens (including phenoxy) is 2. The summed E-state index contributed by atoms with van der Waals surface area (Å²) in [6.07, 6.45) is 3.87. The van der Waals surface area contributed by atoms with Crippen LogP contribution in [0.3, 0.4) is 0 Å². The van der Waals surface area contributed by atoms with E-state index in [0.717, 1.165) is 27.9 Å². The van der Waals surface area contributed by atoms with E-state index >= 15 is 0 Å². The van der Waals surface area contributed by atoms with E-state index in [2.05, 4.69) is 11.1 Å². The molecule has 0 saturated carbocycles. The maximum atomic E-state index is 6.26. The molecule has 3 nitrogen and oxygen atoms in total. The van der Waals surface area contributed by atoms with Crippen molar-refractivity contribution in [2.75, 3.05) is 6.79 Å². The summed E-state index contributed by atoms with van der Waals surface area (Å²) in [5, 5.41) is 1.75. The van der Waals surface area contributed by atoms with Crippen LogP contribution in [-0.4, -0.2) is 11.8 Å². The van der Waals surface area contributed by atoms with Crippen LogP contribution in [0.25, 0.3) is 23.1 Å².